The van der Waals surface area contributed by atoms with Crippen molar-refractivity contribution in [1.82, 2.24) is 0 Å². The third-order valence-corrected chi connectivity index (χ3v) is 4.16. The summed E-state index contributed by atoms with van der Waals surface area (Å²) in [4.78, 5) is 12.1. The Kier molecular flexibility index (Phi) is 2.32. The standard InChI is InChI=1S/C14H14F2O/c1-7-2-3-11(13(16)12(7)15)14(17)10-5-8-4-9(8)6-10/h2-3,8-10H,4-6H2,1H3. The second-order valence-corrected chi connectivity index (χ2v) is 5.35. The van der Waals surface area contributed by atoms with E-state index in [1.165, 1.54) is 25.5 Å². The van der Waals surface area contributed by atoms with Gasteiger partial charge in [0, 0.05) is 5.92 Å². The van der Waals surface area contributed by atoms with Crippen molar-refractivity contribution >= 4 is 5.78 Å². The molecule has 0 aliphatic heterocycles. The van der Waals surface area contributed by atoms with E-state index < -0.39 is 11.6 Å². The zero-order valence-corrected chi connectivity index (χ0v) is 9.67. The minimum atomic E-state index is -0.976. The highest BCUT2D eigenvalue weighted by atomic mass is 19.2. The number of ketones is 1. The van der Waals surface area contributed by atoms with Crippen LogP contribution in [0.4, 0.5) is 8.78 Å². The molecular formula is C14H14F2O. The second kappa shape index (κ2) is 3.62. The molecule has 17 heavy (non-hydrogen) atoms. The summed E-state index contributed by atoms with van der Waals surface area (Å²) in [5.74, 6) is -0.830. The Morgan fingerprint density at radius 3 is 2.41 bits per heavy atom. The van der Waals surface area contributed by atoms with Crippen LogP contribution in [-0.4, -0.2) is 5.78 Å². The summed E-state index contributed by atoms with van der Waals surface area (Å²) in [6, 6.07) is 2.89. The first-order valence-electron chi connectivity index (χ1n) is 6.06. The van der Waals surface area contributed by atoms with Gasteiger partial charge in [0.15, 0.2) is 17.4 Å². The Morgan fingerprint density at radius 1 is 1.12 bits per heavy atom. The van der Waals surface area contributed by atoms with E-state index in [9.17, 15) is 13.6 Å². The molecule has 2 fully saturated rings. The summed E-state index contributed by atoms with van der Waals surface area (Å²) >= 11 is 0. The van der Waals surface area contributed by atoms with Gasteiger partial charge in [0.05, 0.1) is 5.56 Å². The fourth-order valence-electron chi connectivity index (χ4n) is 2.99. The van der Waals surface area contributed by atoms with E-state index in [4.69, 9.17) is 0 Å². The van der Waals surface area contributed by atoms with Crippen LogP contribution in [-0.2, 0) is 0 Å². The highest BCUT2D eigenvalue weighted by Gasteiger charge is 2.48. The maximum Gasteiger partial charge on any atom is 0.169 e. The largest absolute Gasteiger partial charge is 0.294 e. The predicted octanol–water partition coefficient (Wildman–Crippen LogP) is 3.50. The first-order valence-corrected chi connectivity index (χ1v) is 6.06. The molecule has 2 unspecified atom stereocenters. The summed E-state index contributed by atoms with van der Waals surface area (Å²) in [5, 5.41) is 0. The van der Waals surface area contributed by atoms with Crippen molar-refractivity contribution < 1.29 is 13.6 Å². The fourth-order valence-corrected chi connectivity index (χ4v) is 2.99. The number of carbonyl (C=O) groups excluding carboxylic acids is 1. The van der Waals surface area contributed by atoms with Gasteiger partial charge >= 0.3 is 0 Å². The van der Waals surface area contributed by atoms with E-state index >= 15 is 0 Å². The Labute approximate surface area is 98.8 Å². The van der Waals surface area contributed by atoms with Crippen LogP contribution in [0.3, 0.4) is 0 Å². The quantitative estimate of drug-likeness (QED) is 0.718. The van der Waals surface area contributed by atoms with Crippen LogP contribution in [0, 0.1) is 36.3 Å². The van der Waals surface area contributed by atoms with Gasteiger partial charge in [-0.15, -0.1) is 0 Å². The molecule has 0 bridgehead atoms. The molecule has 0 spiro atoms. The van der Waals surface area contributed by atoms with Crippen molar-refractivity contribution in [3.63, 3.8) is 0 Å². The Morgan fingerprint density at radius 2 is 1.76 bits per heavy atom. The molecule has 0 heterocycles. The lowest BCUT2D eigenvalue weighted by Gasteiger charge is -2.12. The second-order valence-electron chi connectivity index (χ2n) is 5.35. The monoisotopic (exact) mass is 236 g/mol. The van der Waals surface area contributed by atoms with Crippen molar-refractivity contribution in [2.75, 3.05) is 0 Å². The number of hydrogen-bond donors (Lipinski definition) is 0. The molecule has 90 valence electrons. The highest BCUT2D eigenvalue weighted by molar-refractivity contribution is 5.98. The summed E-state index contributed by atoms with van der Waals surface area (Å²) in [6.45, 7) is 1.50. The van der Waals surface area contributed by atoms with Gasteiger partial charge in [0.2, 0.25) is 0 Å². The number of fused-ring (bicyclic) bond motifs is 1. The Bertz CT molecular complexity index is 485. The maximum absolute atomic E-state index is 13.7. The molecule has 0 radical (unpaired) electrons. The van der Waals surface area contributed by atoms with Gasteiger partial charge in [-0.2, -0.15) is 0 Å². The van der Waals surface area contributed by atoms with Crippen LogP contribution in [0.1, 0.15) is 35.2 Å². The molecule has 2 aliphatic carbocycles. The number of hydrogen-bond acceptors (Lipinski definition) is 1. The van der Waals surface area contributed by atoms with Gasteiger partial charge in [-0.25, -0.2) is 8.78 Å². The number of Topliss-reactive ketones (excluding diaryl/α,β-unsaturated/α-hetero) is 1. The number of rotatable bonds is 2. The van der Waals surface area contributed by atoms with Crippen LogP contribution in [0.2, 0.25) is 0 Å². The number of aryl methyl sites for hydroxylation is 1. The van der Waals surface area contributed by atoms with Crippen molar-refractivity contribution in [3.05, 3.63) is 34.9 Å². The lowest BCUT2D eigenvalue weighted by Crippen LogP contribution is -2.15. The Balaban J connectivity index is 1.88. The summed E-state index contributed by atoms with van der Waals surface area (Å²) in [6.07, 6.45) is 2.94. The first-order chi connectivity index (χ1) is 8.08. The van der Waals surface area contributed by atoms with Crippen molar-refractivity contribution in [2.45, 2.75) is 26.2 Å². The smallest absolute Gasteiger partial charge is 0.169 e. The number of halogens is 2. The molecule has 2 aliphatic rings. The van der Waals surface area contributed by atoms with E-state index in [0.29, 0.717) is 11.8 Å². The number of benzene rings is 1. The predicted molar refractivity (Wildman–Crippen MR) is 59.7 cm³/mol. The number of carbonyl (C=O) groups is 1. The molecule has 0 amide bonds. The van der Waals surface area contributed by atoms with Crippen LogP contribution < -0.4 is 0 Å². The van der Waals surface area contributed by atoms with Gasteiger partial charge < -0.3 is 0 Å². The van der Waals surface area contributed by atoms with E-state index in [2.05, 4.69) is 0 Å². The zero-order chi connectivity index (χ0) is 12.2. The average molecular weight is 236 g/mol. The van der Waals surface area contributed by atoms with Crippen molar-refractivity contribution in [2.24, 2.45) is 17.8 Å². The minimum Gasteiger partial charge on any atom is -0.294 e. The molecule has 0 aromatic heterocycles. The zero-order valence-electron chi connectivity index (χ0n) is 9.67. The lowest BCUT2D eigenvalue weighted by atomic mass is 9.92. The molecule has 1 nitrogen and oxygen atoms in total. The third kappa shape index (κ3) is 1.68. The van der Waals surface area contributed by atoms with Crippen molar-refractivity contribution in [3.8, 4) is 0 Å². The van der Waals surface area contributed by atoms with Gasteiger partial charge in [0.25, 0.3) is 0 Å². The van der Waals surface area contributed by atoms with Crippen molar-refractivity contribution in [1.29, 1.82) is 0 Å². The molecule has 1 aromatic carbocycles. The molecule has 0 N–H and O–H groups in total. The molecule has 0 saturated heterocycles. The van der Waals surface area contributed by atoms with Gasteiger partial charge in [0.1, 0.15) is 0 Å². The van der Waals surface area contributed by atoms with E-state index in [1.807, 2.05) is 0 Å². The van der Waals surface area contributed by atoms with Gasteiger partial charge in [-0.05, 0) is 49.7 Å². The topological polar surface area (TPSA) is 17.1 Å². The van der Waals surface area contributed by atoms with E-state index in [-0.39, 0.29) is 22.8 Å². The highest BCUT2D eigenvalue weighted by Crippen LogP contribution is 2.55. The van der Waals surface area contributed by atoms with Gasteiger partial charge in [-0.3, -0.25) is 4.79 Å². The fraction of sp³-hybridized carbons (Fsp3) is 0.500. The van der Waals surface area contributed by atoms with E-state index in [1.54, 1.807) is 0 Å². The molecule has 3 heteroatoms. The maximum atomic E-state index is 13.7. The first kappa shape index (κ1) is 10.9. The molecule has 2 atom stereocenters. The molecular weight excluding hydrogens is 222 g/mol. The molecule has 2 saturated carbocycles. The normalized spacial score (nSPS) is 30.2. The summed E-state index contributed by atoms with van der Waals surface area (Å²) in [7, 11) is 0. The van der Waals surface area contributed by atoms with Gasteiger partial charge in [-0.1, -0.05) is 6.07 Å². The van der Waals surface area contributed by atoms with Crippen LogP contribution >= 0.6 is 0 Å². The summed E-state index contributed by atoms with van der Waals surface area (Å²) < 4.78 is 27.1. The molecule has 3 rings (SSSR count). The van der Waals surface area contributed by atoms with E-state index in [0.717, 1.165) is 12.8 Å². The van der Waals surface area contributed by atoms with Crippen LogP contribution in [0.5, 0.6) is 0 Å². The SMILES string of the molecule is Cc1ccc(C(=O)C2CC3CC3C2)c(F)c1F. The van der Waals surface area contributed by atoms with Crippen LogP contribution in [0.15, 0.2) is 12.1 Å². The Hall–Kier alpha value is -1.25. The van der Waals surface area contributed by atoms with Crippen LogP contribution in [0.25, 0.3) is 0 Å². The summed E-state index contributed by atoms with van der Waals surface area (Å²) in [5.41, 5.74) is 0.174. The molecule has 1 aromatic rings. The third-order valence-electron chi connectivity index (χ3n) is 4.16. The minimum absolute atomic E-state index is 0.0700. The average Bonchev–Trinajstić information content (AvgIpc) is 2.93. The lowest BCUT2D eigenvalue weighted by molar-refractivity contribution is 0.0909.